The van der Waals surface area contributed by atoms with Crippen LogP contribution < -0.4 is 9.47 Å². The van der Waals surface area contributed by atoms with Crippen molar-refractivity contribution >= 4 is 11.0 Å². The van der Waals surface area contributed by atoms with E-state index in [1.54, 1.807) is 6.92 Å². The molecule has 1 heterocycles. The molecule has 0 spiro atoms. The van der Waals surface area contributed by atoms with Crippen molar-refractivity contribution in [3.05, 3.63) is 17.7 Å². The van der Waals surface area contributed by atoms with Crippen LogP contribution in [-0.4, -0.2) is 22.7 Å². The number of H-pyrrole nitrogens is 1. The molecule has 0 atom stereocenters. The molecule has 1 N–H and O–H groups in total. The highest BCUT2D eigenvalue weighted by Gasteiger charge is 2.21. The standard InChI is InChI=1S/C15H18F2N2O2/c1-2-20-14-10(16)8-11-13(12(14)17)19-15(18-11)21-9-6-4-3-5-7-9/h8-9H,2-7H2,1H3,(H,18,19). The summed E-state index contributed by atoms with van der Waals surface area (Å²) in [6, 6.07) is 1.40. The molecule has 1 aliphatic carbocycles. The zero-order valence-corrected chi connectivity index (χ0v) is 11.9. The molecule has 0 aliphatic heterocycles. The van der Waals surface area contributed by atoms with E-state index in [-0.39, 0.29) is 35.5 Å². The molecule has 1 aliphatic rings. The van der Waals surface area contributed by atoms with E-state index in [1.807, 2.05) is 0 Å². The number of aromatic amines is 1. The normalized spacial score (nSPS) is 16.3. The lowest BCUT2D eigenvalue weighted by Gasteiger charge is -2.21. The fourth-order valence-corrected chi connectivity index (χ4v) is 2.71. The molecule has 21 heavy (non-hydrogen) atoms. The highest BCUT2D eigenvalue weighted by molar-refractivity contribution is 5.78. The molecule has 1 fully saturated rings. The Labute approximate surface area is 121 Å². The maximum Gasteiger partial charge on any atom is 0.294 e. The Balaban J connectivity index is 1.90. The van der Waals surface area contributed by atoms with Gasteiger partial charge in [-0.25, -0.2) is 8.78 Å². The lowest BCUT2D eigenvalue weighted by Crippen LogP contribution is -2.20. The number of imidazole rings is 1. The number of fused-ring (bicyclic) bond motifs is 1. The molecule has 114 valence electrons. The van der Waals surface area contributed by atoms with Crippen LogP contribution in [0.15, 0.2) is 6.07 Å². The second kappa shape index (κ2) is 5.87. The second-order valence-electron chi connectivity index (χ2n) is 5.25. The van der Waals surface area contributed by atoms with Gasteiger partial charge in [-0.05, 0) is 32.6 Å². The van der Waals surface area contributed by atoms with Crippen molar-refractivity contribution in [1.82, 2.24) is 9.97 Å². The molecule has 0 unspecified atom stereocenters. The average molecular weight is 296 g/mol. The Morgan fingerprint density at radius 3 is 2.76 bits per heavy atom. The maximum absolute atomic E-state index is 14.2. The Hall–Kier alpha value is -1.85. The second-order valence-corrected chi connectivity index (χ2v) is 5.25. The predicted octanol–water partition coefficient (Wildman–Crippen LogP) is 3.95. The number of hydrogen-bond acceptors (Lipinski definition) is 3. The smallest absolute Gasteiger partial charge is 0.294 e. The van der Waals surface area contributed by atoms with Gasteiger partial charge in [-0.3, -0.25) is 0 Å². The van der Waals surface area contributed by atoms with Crippen LogP contribution in [-0.2, 0) is 0 Å². The Bertz CT molecular complexity index is 636. The molecular formula is C15H18F2N2O2. The van der Waals surface area contributed by atoms with Gasteiger partial charge in [0.25, 0.3) is 6.01 Å². The number of halogens is 2. The molecular weight excluding hydrogens is 278 g/mol. The van der Waals surface area contributed by atoms with Gasteiger partial charge in [0.05, 0.1) is 12.1 Å². The minimum atomic E-state index is -0.766. The number of ether oxygens (including phenoxy) is 2. The monoisotopic (exact) mass is 296 g/mol. The minimum absolute atomic E-state index is 0.0959. The van der Waals surface area contributed by atoms with Gasteiger partial charge in [0, 0.05) is 6.07 Å². The maximum atomic E-state index is 14.2. The van der Waals surface area contributed by atoms with E-state index in [2.05, 4.69) is 9.97 Å². The van der Waals surface area contributed by atoms with Crippen molar-refractivity contribution in [1.29, 1.82) is 0 Å². The lowest BCUT2D eigenvalue weighted by molar-refractivity contribution is 0.143. The van der Waals surface area contributed by atoms with E-state index in [0.717, 1.165) is 31.7 Å². The first kappa shape index (κ1) is 14.1. The summed E-state index contributed by atoms with van der Waals surface area (Å²) in [5, 5.41) is 0. The van der Waals surface area contributed by atoms with Crippen LogP contribution in [0.4, 0.5) is 8.78 Å². The van der Waals surface area contributed by atoms with Gasteiger partial charge in [0.2, 0.25) is 0 Å². The number of nitrogens with one attached hydrogen (secondary N) is 1. The lowest BCUT2D eigenvalue weighted by atomic mass is 9.98. The van der Waals surface area contributed by atoms with Crippen LogP contribution in [0.5, 0.6) is 11.8 Å². The van der Waals surface area contributed by atoms with E-state index in [0.29, 0.717) is 0 Å². The number of benzene rings is 1. The number of aromatic nitrogens is 2. The minimum Gasteiger partial charge on any atom is -0.488 e. The van der Waals surface area contributed by atoms with Crippen LogP contribution in [0.1, 0.15) is 39.0 Å². The van der Waals surface area contributed by atoms with Crippen LogP contribution in [0.2, 0.25) is 0 Å². The molecule has 3 rings (SSSR count). The average Bonchev–Trinajstić information content (AvgIpc) is 2.87. The molecule has 1 aromatic carbocycles. The van der Waals surface area contributed by atoms with Crippen LogP contribution >= 0.6 is 0 Å². The molecule has 1 saturated carbocycles. The van der Waals surface area contributed by atoms with Crippen molar-refractivity contribution in [3.63, 3.8) is 0 Å². The van der Waals surface area contributed by atoms with Crippen molar-refractivity contribution in [2.45, 2.75) is 45.1 Å². The first-order valence-electron chi connectivity index (χ1n) is 7.36. The predicted molar refractivity (Wildman–Crippen MR) is 74.7 cm³/mol. The van der Waals surface area contributed by atoms with Gasteiger partial charge in [-0.15, -0.1) is 0 Å². The van der Waals surface area contributed by atoms with Crippen molar-refractivity contribution in [3.8, 4) is 11.8 Å². The third-order valence-corrected chi connectivity index (χ3v) is 3.73. The summed E-state index contributed by atoms with van der Waals surface area (Å²) in [6.45, 7) is 1.87. The first-order valence-corrected chi connectivity index (χ1v) is 7.36. The summed E-state index contributed by atoms with van der Waals surface area (Å²) in [5.41, 5.74) is 0.324. The van der Waals surface area contributed by atoms with Gasteiger partial charge in [-0.1, -0.05) is 6.42 Å². The zero-order valence-electron chi connectivity index (χ0n) is 11.9. The Kier molecular flexibility index (Phi) is 3.94. The van der Waals surface area contributed by atoms with E-state index in [9.17, 15) is 8.78 Å². The number of hydrogen-bond donors (Lipinski definition) is 1. The third-order valence-electron chi connectivity index (χ3n) is 3.73. The molecule has 1 aromatic heterocycles. The largest absolute Gasteiger partial charge is 0.488 e. The van der Waals surface area contributed by atoms with E-state index in [4.69, 9.17) is 9.47 Å². The van der Waals surface area contributed by atoms with Gasteiger partial charge >= 0.3 is 0 Å². The quantitative estimate of drug-likeness (QED) is 0.929. The van der Waals surface area contributed by atoms with Crippen LogP contribution in [0.3, 0.4) is 0 Å². The molecule has 0 amide bonds. The van der Waals surface area contributed by atoms with Gasteiger partial charge in [0.1, 0.15) is 11.6 Å². The summed E-state index contributed by atoms with van der Waals surface area (Å²) < 4.78 is 38.7. The van der Waals surface area contributed by atoms with Crippen molar-refractivity contribution < 1.29 is 18.3 Å². The van der Waals surface area contributed by atoms with Crippen molar-refractivity contribution in [2.75, 3.05) is 6.61 Å². The summed E-state index contributed by atoms with van der Waals surface area (Å²) in [4.78, 5) is 6.90. The van der Waals surface area contributed by atoms with Gasteiger partial charge in [0.15, 0.2) is 17.4 Å². The SMILES string of the molecule is CCOc1c(F)cc2nc(OC3CCCCC3)[nH]c2c1F. The molecule has 0 radical (unpaired) electrons. The third kappa shape index (κ3) is 2.80. The first-order chi connectivity index (χ1) is 10.2. The summed E-state index contributed by atoms with van der Waals surface area (Å²) in [6.07, 6.45) is 5.51. The van der Waals surface area contributed by atoms with E-state index < -0.39 is 11.6 Å². The fraction of sp³-hybridized carbons (Fsp3) is 0.533. The molecule has 6 heteroatoms. The molecule has 4 nitrogen and oxygen atoms in total. The topological polar surface area (TPSA) is 47.1 Å². The molecule has 2 aromatic rings. The van der Waals surface area contributed by atoms with E-state index >= 15 is 0 Å². The highest BCUT2D eigenvalue weighted by Crippen LogP contribution is 2.31. The highest BCUT2D eigenvalue weighted by atomic mass is 19.1. The Morgan fingerprint density at radius 1 is 1.29 bits per heavy atom. The van der Waals surface area contributed by atoms with Gasteiger partial charge < -0.3 is 14.5 Å². The molecule has 0 bridgehead atoms. The summed E-state index contributed by atoms with van der Waals surface area (Å²) in [7, 11) is 0. The summed E-state index contributed by atoms with van der Waals surface area (Å²) >= 11 is 0. The zero-order chi connectivity index (χ0) is 14.8. The number of nitrogens with zero attached hydrogens (tertiary/aromatic N) is 1. The number of rotatable bonds is 4. The molecule has 0 saturated heterocycles. The fourth-order valence-electron chi connectivity index (χ4n) is 2.71. The van der Waals surface area contributed by atoms with Crippen molar-refractivity contribution in [2.24, 2.45) is 0 Å². The van der Waals surface area contributed by atoms with E-state index in [1.165, 1.54) is 6.42 Å². The summed E-state index contributed by atoms with van der Waals surface area (Å²) in [5.74, 6) is -1.90. The Morgan fingerprint density at radius 2 is 2.05 bits per heavy atom. The van der Waals surface area contributed by atoms with Gasteiger partial charge in [-0.2, -0.15) is 4.98 Å². The van der Waals surface area contributed by atoms with Crippen LogP contribution in [0.25, 0.3) is 11.0 Å². The van der Waals surface area contributed by atoms with Crippen LogP contribution in [0, 0.1) is 11.6 Å².